The van der Waals surface area contributed by atoms with Crippen LogP contribution in [0.2, 0.25) is 0 Å². The van der Waals surface area contributed by atoms with Crippen molar-refractivity contribution < 1.29 is 14.4 Å². The molecule has 0 radical (unpaired) electrons. The molecule has 6 heteroatoms. The third-order valence-electron chi connectivity index (χ3n) is 4.81. The second kappa shape index (κ2) is 4.76. The van der Waals surface area contributed by atoms with E-state index < -0.39 is 0 Å². The van der Waals surface area contributed by atoms with E-state index in [0.717, 1.165) is 11.3 Å². The maximum Gasteiger partial charge on any atom is 0.244 e. The van der Waals surface area contributed by atoms with Crippen LogP contribution >= 0.6 is 0 Å². The lowest BCUT2D eigenvalue weighted by molar-refractivity contribution is -0.143. The van der Waals surface area contributed by atoms with Crippen LogP contribution in [0.3, 0.4) is 0 Å². The number of nitrogens with one attached hydrogen (secondary N) is 1. The first kappa shape index (κ1) is 13.2. The summed E-state index contributed by atoms with van der Waals surface area (Å²) in [4.78, 5) is 42.0. The maximum atomic E-state index is 12.5. The Kier molecular flexibility index (Phi) is 2.85. The first-order valence-electron chi connectivity index (χ1n) is 7.38. The number of pyridine rings is 1. The Morgan fingerprint density at radius 2 is 1.91 bits per heavy atom. The van der Waals surface area contributed by atoms with Crippen LogP contribution in [0.1, 0.15) is 6.42 Å². The molecule has 1 aromatic rings. The Bertz CT molecular complexity index is 655. The summed E-state index contributed by atoms with van der Waals surface area (Å²) >= 11 is 0. The topological polar surface area (TPSA) is 79.4 Å². The first-order chi connectivity index (χ1) is 10.6. The number of carbonyl (C=O) groups is 3. The summed E-state index contributed by atoms with van der Waals surface area (Å²) < 4.78 is 0. The van der Waals surface area contributed by atoms with E-state index >= 15 is 0 Å². The molecule has 112 valence electrons. The minimum Gasteiger partial charge on any atom is -0.323 e. The van der Waals surface area contributed by atoms with Gasteiger partial charge in [-0.15, -0.1) is 0 Å². The summed E-state index contributed by atoms with van der Waals surface area (Å²) in [6.45, 7) is -0.223. The zero-order valence-corrected chi connectivity index (χ0v) is 11.8. The highest BCUT2D eigenvalue weighted by atomic mass is 16.2. The van der Waals surface area contributed by atoms with Crippen molar-refractivity contribution in [3.8, 4) is 0 Å². The Labute approximate surface area is 127 Å². The van der Waals surface area contributed by atoms with Crippen LogP contribution in [0.15, 0.2) is 36.7 Å². The molecule has 3 aliphatic rings. The molecule has 2 bridgehead atoms. The molecule has 4 atom stereocenters. The van der Waals surface area contributed by atoms with Gasteiger partial charge in [0.15, 0.2) is 0 Å². The average Bonchev–Trinajstić information content (AvgIpc) is 3.18. The molecule has 6 nitrogen and oxygen atoms in total. The fourth-order valence-electron chi connectivity index (χ4n) is 3.90. The molecule has 1 aromatic heterocycles. The number of fused-ring (bicyclic) bond motifs is 5. The largest absolute Gasteiger partial charge is 0.323 e. The number of rotatable bonds is 3. The normalized spacial score (nSPS) is 31.7. The van der Waals surface area contributed by atoms with Crippen molar-refractivity contribution in [3.63, 3.8) is 0 Å². The third kappa shape index (κ3) is 1.87. The zero-order chi connectivity index (χ0) is 15.3. The molecule has 1 aliphatic heterocycles. The summed E-state index contributed by atoms with van der Waals surface area (Å²) in [5, 5.41) is 2.65. The van der Waals surface area contributed by atoms with Crippen molar-refractivity contribution in [1.82, 2.24) is 9.88 Å². The molecule has 1 N–H and O–H groups in total. The second-order valence-corrected chi connectivity index (χ2v) is 6.05. The van der Waals surface area contributed by atoms with Crippen LogP contribution in [-0.2, 0) is 14.4 Å². The van der Waals surface area contributed by atoms with E-state index in [0.29, 0.717) is 5.69 Å². The van der Waals surface area contributed by atoms with Gasteiger partial charge >= 0.3 is 0 Å². The van der Waals surface area contributed by atoms with Crippen molar-refractivity contribution in [2.75, 3.05) is 11.9 Å². The van der Waals surface area contributed by atoms with Crippen molar-refractivity contribution in [2.24, 2.45) is 23.7 Å². The fraction of sp³-hybridized carbons (Fsp3) is 0.375. The molecule has 0 unspecified atom stereocenters. The van der Waals surface area contributed by atoms with Gasteiger partial charge in [-0.1, -0.05) is 12.2 Å². The van der Waals surface area contributed by atoms with E-state index in [4.69, 9.17) is 0 Å². The molecule has 1 saturated carbocycles. The van der Waals surface area contributed by atoms with Crippen molar-refractivity contribution >= 4 is 23.4 Å². The van der Waals surface area contributed by atoms with Crippen LogP contribution in [0, 0.1) is 23.7 Å². The molecule has 1 saturated heterocycles. The van der Waals surface area contributed by atoms with Gasteiger partial charge < -0.3 is 5.32 Å². The predicted molar refractivity (Wildman–Crippen MR) is 77.3 cm³/mol. The number of allylic oxidation sites excluding steroid dienone is 2. The van der Waals surface area contributed by atoms with Crippen LogP contribution < -0.4 is 5.32 Å². The van der Waals surface area contributed by atoms with Crippen LogP contribution in [0.4, 0.5) is 5.69 Å². The Balaban J connectivity index is 1.47. The maximum absolute atomic E-state index is 12.5. The number of imide groups is 1. The van der Waals surface area contributed by atoms with Gasteiger partial charge in [-0.3, -0.25) is 24.3 Å². The lowest BCUT2D eigenvalue weighted by atomic mass is 9.85. The molecular formula is C16H15N3O3. The Morgan fingerprint density at radius 3 is 2.50 bits per heavy atom. The molecule has 0 aromatic carbocycles. The number of hydrogen-bond donors (Lipinski definition) is 1. The number of carbonyl (C=O) groups excluding carboxylic acids is 3. The smallest absolute Gasteiger partial charge is 0.244 e. The van der Waals surface area contributed by atoms with Crippen molar-refractivity contribution in [2.45, 2.75) is 6.42 Å². The number of hydrogen-bond acceptors (Lipinski definition) is 4. The lowest BCUT2D eigenvalue weighted by Gasteiger charge is -2.16. The van der Waals surface area contributed by atoms with Crippen LogP contribution in [0.25, 0.3) is 0 Å². The van der Waals surface area contributed by atoms with Gasteiger partial charge in [0.2, 0.25) is 17.7 Å². The first-order valence-corrected chi connectivity index (χ1v) is 7.38. The monoisotopic (exact) mass is 297 g/mol. The summed E-state index contributed by atoms with van der Waals surface area (Å²) in [7, 11) is 0. The highest BCUT2D eigenvalue weighted by Crippen LogP contribution is 2.52. The summed E-state index contributed by atoms with van der Waals surface area (Å²) in [6, 6.07) is 3.41. The van der Waals surface area contributed by atoms with E-state index in [-0.39, 0.29) is 47.9 Å². The molecule has 2 heterocycles. The predicted octanol–water partition coefficient (Wildman–Crippen LogP) is 0.827. The second-order valence-electron chi connectivity index (χ2n) is 6.05. The summed E-state index contributed by atoms with van der Waals surface area (Å²) in [6.07, 6.45) is 8.09. The highest BCUT2D eigenvalue weighted by Gasteiger charge is 2.59. The van der Waals surface area contributed by atoms with E-state index in [9.17, 15) is 14.4 Å². The third-order valence-corrected chi connectivity index (χ3v) is 4.81. The number of anilines is 1. The van der Waals surface area contributed by atoms with Gasteiger partial charge in [0, 0.05) is 6.20 Å². The van der Waals surface area contributed by atoms with Crippen LogP contribution in [0.5, 0.6) is 0 Å². The zero-order valence-electron chi connectivity index (χ0n) is 11.8. The van der Waals surface area contributed by atoms with Crippen LogP contribution in [-0.4, -0.2) is 34.2 Å². The van der Waals surface area contributed by atoms with Crippen molar-refractivity contribution in [1.29, 1.82) is 0 Å². The summed E-state index contributed by atoms with van der Waals surface area (Å²) in [5.41, 5.74) is 0.550. The quantitative estimate of drug-likeness (QED) is 0.662. The molecule has 0 spiro atoms. The minimum absolute atomic E-state index is 0.165. The molecule has 4 rings (SSSR count). The number of likely N-dealkylation sites (tertiary alicyclic amines) is 1. The van der Waals surface area contributed by atoms with E-state index in [1.165, 1.54) is 6.20 Å². The van der Waals surface area contributed by atoms with Crippen molar-refractivity contribution in [3.05, 3.63) is 36.7 Å². The number of aromatic nitrogens is 1. The van der Waals surface area contributed by atoms with Gasteiger partial charge in [-0.2, -0.15) is 0 Å². The molecule has 2 fully saturated rings. The fourth-order valence-corrected chi connectivity index (χ4v) is 3.90. The standard InChI is InChI=1S/C16H15N3O3/c20-12(18-11-2-1-5-17-7-11)8-19-15(21)13-9-3-4-10(6-9)14(13)16(19)22/h1-5,7,9-10,13-14H,6,8H2,(H,18,20)/t9-,10+,13-,14-/m0/s1. The van der Waals surface area contributed by atoms with Gasteiger partial charge in [0.1, 0.15) is 6.54 Å². The molecule has 2 aliphatic carbocycles. The van der Waals surface area contributed by atoms with Gasteiger partial charge in [-0.25, -0.2) is 0 Å². The van der Waals surface area contributed by atoms with Gasteiger partial charge in [-0.05, 0) is 30.4 Å². The molecular weight excluding hydrogens is 282 g/mol. The van der Waals surface area contributed by atoms with Gasteiger partial charge in [0.25, 0.3) is 0 Å². The SMILES string of the molecule is O=C(CN1C(=O)[C@@H]2[C@@H](C1=O)[C@H]1C=C[C@@H]2C1)Nc1cccnc1. The number of nitrogens with zero attached hydrogens (tertiary/aromatic N) is 2. The van der Waals surface area contributed by atoms with E-state index in [1.54, 1.807) is 18.3 Å². The molecule has 3 amide bonds. The Hall–Kier alpha value is -2.50. The summed E-state index contributed by atoms with van der Waals surface area (Å²) in [5.74, 6) is -0.964. The lowest BCUT2D eigenvalue weighted by Crippen LogP contribution is -2.39. The number of amides is 3. The van der Waals surface area contributed by atoms with E-state index in [2.05, 4.69) is 10.3 Å². The highest BCUT2D eigenvalue weighted by molar-refractivity contribution is 6.09. The Morgan fingerprint density at radius 1 is 1.23 bits per heavy atom. The minimum atomic E-state index is -0.380. The van der Waals surface area contributed by atoms with Gasteiger partial charge in [0.05, 0.1) is 23.7 Å². The van der Waals surface area contributed by atoms with E-state index in [1.807, 2.05) is 12.2 Å². The molecule has 22 heavy (non-hydrogen) atoms. The average molecular weight is 297 g/mol.